The van der Waals surface area contributed by atoms with Crippen LogP contribution in [-0.4, -0.2) is 34.7 Å². The molecule has 5 heteroatoms. The Morgan fingerprint density at radius 1 is 1.19 bits per heavy atom. The summed E-state index contributed by atoms with van der Waals surface area (Å²) in [6, 6.07) is 4.80. The largest absolute Gasteiger partial charge is 0.394 e. The molecular weight excluding hydrogens is 210 g/mol. The fourth-order valence-electron chi connectivity index (χ4n) is 1.77. The van der Waals surface area contributed by atoms with Crippen LogP contribution in [0.1, 0.15) is 26.3 Å². The van der Waals surface area contributed by atoms with Gasteiger partial charge in [0.15, 0.2) is 0 Å². The Labute approximate surface area is 91.7 Å². The van der Waals surface area contributed by atoms with E-state index < -0.39 is 24.5 Å². The lowest BCUT2D eigenvalue weighted by Crippen LogP contribution is -2.37. The molecular formula is C11H11NO4. The third kappa shape index (κ3) is 1.70. The molecule has 1 unspecified atom stereocenters. The molecule has 2 rings (SSSR count). The Morgan fingerprint density at radius 3 is 2.25 bits per heavy atom. The monoisotopic (exact) mass is 221 g/mol. The van der Waals surface area contributed by atoms with Crippen LogP contribution in [0.4, 0.5) is 0 Å². The lowest BCUT2D eigenvalue weighted by Gasteiger charge is -2.20. The molecule has 0 aromatic heterocycles. The van der Waals surface area contributed by atoms with Gasteiger partial charge in [0.2, 0.25) is 0 Å². The summed E-state index contributed by atoms with van der Waals surface area (Å²) in [6.45, 7) is -0.399. The molecule has 5 nitrogen and oxygen atoms in total. The van der Waals surface area contributed by atoms with E-state index >= 15 is 0 Å². The van der Waals surface area contributed by atoms with Crippen molar-refractivity contribution in [1.82, 2.24) is 5.32 Å². The Hall–Kier alpha value is -1.72. The van der Waals surface area contributed by atoms with Gasteiger partial charge in [-0.1, -0.05) is 6.07 Å². The molecule has 0 spiro atoms. The molecule has 1 aromatic rings. The van der Waals surface area contributed by atoms with E-state index in [4.69, 9.17) is 5.11 Å². The summed E-state index contributed by atoms with van der Waals surface area (Å²) in [5.74, 6) is -0.920. The summed E-state index contributed by atoms with van der Waals surface area (Å²) in [7, 11) is 0. The van der Waals surface area contributed by atoms with Crippen molar-refractivity contribution in [2.75, 3.05) is 6.61 Å². The standard InChI is InChI=1S/C11H11NO4/c13-5-6(14)4-9-7-2-1-3-8(9)11(16)12-10(7)15/h1-3,6,13-14H,4-5H2,(H,12,15,16). The molecule has 1 aromatic carbocycles. The molecule has 0 fully saturated rings. The van der Waals surface area contributed by atoms with Gasteiger partial charge in [-0.15, -0.1) is 0 Å². The highest BCUT2D eigenvalue weighted by Gasteiger charge is 2.27. The number of rotatable bonds is 3. The zero-order valence-electron chi connectivity index (χ0n) is 8.43. The molecule has 2 bridgehead atoms. The first-order valence-electron chi connectivity index (χ1n) is 4.90. The number of hydrogen-bond donors (Lipinski definition) is 3. The van der Waals surface area contributed by atoms with Crippen LogP contribution in [-0.2, 0) is 6.42 Å². The Balaban J connectivity index is 2.46. The SMILES string of the molecule is O=C1NC(=O)c2cccc1c2CC(O)CO. The van der Waals surface area contributed by atoms with E-state index in [9.17, 15) is 14.7 Å². The number of hydrogen-bond acceptors (Lipinski definition) is 4. The molecule has 0 saturated carbocycles. The number of carbonyl (C=O) groups excluding carboxylic acids is 2. The number of fused-ring (bicyclic) bond motifs is 2. The summed E-state index contributed by atoms with van der Waals surface area (Å²) in [5.41, 5.74) is 1.26. The van der Waals surface area contributed by atoms with Crippen LogP contribution in [0.3, 0.4) is 0 Å². The summed E-state index contributed by atoms with van der Waals surface area (Å²) >= 11 is 0. The second-order valence-electron chi connectivity index (χ2n) is 3.66. The van der Waals surface area contributed by atoms with Gasteiger partial charge in [0.1, 0.15) is 0 Å². The van der Waals surface area contributed by atoms with Gasteiger partial charge in [0.05, 0.1) is 12.7 Å². The number of imide groups is 1. The van der Waals surface area contributed by atoms with E-state index in [2.05, 4.69) is 5.32 Å². The fraction of sp³-hybridized carbons (Fsp3) is 0.273. The van der Waals surface area contributed by atoms with E-state index in [-0.39, 0.29) is 6.42 Å². The molecule has 3 N–H and O–H groups in total. The number of carbonyl (C=O) groups is 2. The minimum absolute atomic E-state index is 0.0984. The maximum absolute atomic E-state index is 11.5. The first-order valence-corrected chi connectivity index (χ1v) is 4.90. The quantitative estimate of drug-likeness (QED) is 0.599. The first-order chi connectivity index (χ1) is 7.63. The Kier molecular flexibility index (Phi) is 2.72. The summed E-state index contributed by atoms with van der Waals surface area (Å²) in [6.07, 6.45) is -0.861. The van der Waals surface area contributed by atoms with Crippen molar-refractivity contribution in [2.24, 2.45) is 0 Å². The number of nitrogens with one attached hydrogen (secondary N) is 1. The van der Waals surface area contributed by atoms with Crippen molar-refractivity contribution < 1.29 is 19.8 Å². The maximum atomic E-state index is 11.5. The third-order valence-corrected chi connectivity index (χ3v) is 2.54. The molecule has 0 saturated heterocycles. The number of benzene rings is 1. The average Bonchev–Trinajstić information content (AvgIpc) is 2.26. The van der Waals surface area contributed by atoms with Crippen LogP contribution < -0.4 is 5.32 Å². The molecule has 1 atom stereocenters. The van der Waals surface area contributed by atoms with Crippen molar-refractivity contribution in [2.45, 2.75) is 12.5 Å². The topological polar surface area (TPSA) is 86.6 Å². The van der Waals surface area contributed by atoms with Gasteiger partial charge in [0, 0.05) is 17.5 Å². The molecule has 2 amide bonds. The molecule has 16 heavy (non-hydrogen) atoms. The van der Waals surface area contributed by atoms with E-state index in [1.54, 1.807) is 18.2 Å². The lowest BCUT2D eigenvalue weighted by atomic mass is 9.92. The van der Waals surface area contributed by atoms with Gasteiger partial charge in [0.25, 0.3) is 11.8 Å². The molecule has 1 heterocycles. The average molecular weight is 221 g/mol. The molecule has 0 radical (unpaired) electrons. The molecule has 1 aliphatic heterocycles. The predicted molar refractivity (Wildman–Crippen MR) is 55.0 cm³/mol. The van der Waals surface area contributed by atoms with Gasteiger partial charge in [-0.25, -0.2) is 0 Å². The zero-order valence-corrected chi connectivity index (χ0v) is 8.43. The Bertz CT molecular complexity index is 423. The van der Waals surface area contributed by atoms with Gasteiger partial charge >= 0.3 is 0 Å². The van der Waals surface area contributed by atoms with Gasteiger partial charge in [-0.2, -0.15) is 0 Å². The minimum Gasteiger partial charge on any atom is -0.394 e. The summed E-state index contributed by atoms with van der Waals surface area (Å²) < 4.78 is 0. The zero-order chi connectivity index (χ0) is 11.7. The second-order valence-corrected chi connectivity index (χ2v) is 3.66. The fourth-order valence-corrected chi connectivity index (χ4v) is 1.77. The number of aliphatic hydroxyl groups excluding tert-OH is 2. The normalized spacial score (nSPS) is 15.9. The van der Waals surface area contributed by atoms with Crippen molar-refractivity contribution in [3.63, 3.8) is 0 Å². The van der Waals surface area contributed by atoms with Gasteiger partial charge < -0.3 is 10.2 Å². The van der Waals surface area contributed by atoms with Crippen molar-refractivity contribution >= 4 is 11.8 Å². The van der Waals surface area contributed by atoms with Gasteiger partial charge in [-0.3, -0.25) is 14.9 Å². The molecule has 0 aliphatic carbocycles. The van der Waals surface area contributed by atoms with E-state index in [0.29, 0.717) is 16.7 Å². The van der Waals surface area contributed by atoms with Crippen LogP contribution in [0.5, 0.6) is 0 Å². The Morgan fingerprint density at radius 2 is 1.75 bits per heavy atom. The summed E-state index contributed by atoms with van der Waals surface area (Å²) in [5, 5.41) is 20.3. The first kappa shape index (κ1) is 10.8. The second kappa shape index (κ2) is 4.03. The van der Waals surface area contributed by atoms with Crippen LogP contribution in [0.2, 0.25) is 0 Å². The highest BCUT2D eigenvalue weighted by Crippen LogP contribution is 2.21. The van der Waals surface area contributed by atoms with E-state index in [1.807, 2.05) is 0 Å². The minimum atomic E-state index is -0.960. The lowest BCUT2D eigenvalue weighted by molar-refractivity contribution is 0.0822. The maximum Gasteiger partial charge on any atom is 0.258 e. The number of amides is 2. The van der Waals surface area contributed by atoms with Crippen molar-refractivity contribution in [1.29, 1.82) is 0 Å². The van der Waals surface area contributed by atoms with E-state index in [1.165, 1.54) is 0 Å². The molecule has 1 aliphatic rings. The smallest absolute Gasteiger partial charge is 0.258 e. The summed E-state index contributed by atoms with van der Waals surface area (Å²) in [4.78, 5) is 23.0. The molecule has 84 valence electrons. The van der Waals surface area contributed by atoms with Crippen LogP contribution in [0, 0.1) is 0 Å². The van der Waals surface area contributed by atoms with Crippen LogP contribution >= 0.6 is 0 Å². The van der Waals surface area contributed by atoms with Crippen LogP contribution in [0.15, 0.2) is 18.2 Å². The van der Waals surface area contributed by atoms with Crippen molar-refractivity contribution in [3.8, 4) is 0 Å². The third-order valence-electron chi connectivity index (χ3n) is 2.54. The number of aliphatic hydroxyl groups is 2. The van der Waals surface area contributed by atoms with Crippen molar-refractivity contribution in [3.05, 3.63) is 34.9 Å². The van der Waals surface area contributed by atoms with Gasteiger partial charge in [-0.05, 0) is 17.7 Å². The predicted octanol–water partition coefficient (Wildman–Crippen LogP) is -0.534. The van der Waals surface area contributed by atoms with E-state index in [0.717, 1.165) is 0 Å². The highest BCUT2D eigenvalue weighted by molar-refractivity contribution is 6.16. The van der Waals surface area contributed by atoms with Crippen LogP contribution in [0.25, 0.3) is 0 Å². The highest BCUT2D eigenvalue weighted by atomic mass is 16.3.